The molecule has 0 aliphatic carbocycles. The summed E-state index contributed by atoms with van der Waals surface area (Å²) in [5, 5.41) is 21.6. The van der Waals surface area contributed by atoms with Gasteiger partial charge in [-0.1, -0.05) is 0 Å². The van der Waals surface area contributed by atoms with Crippen LogP contribution >= 0.6 is 23.5 Å². The van der Waals surface area contributed by atoms with Crippen molar-refractivity contribution in [2.45, 2.75) is 62.4 Å². The number of carboxylic acid groups (broad SMARTS) is 1. The van der Waals surface area contributed by atoms with Crippen LogP contribution in [-0.2, 0) is 9.53 Å². The predicted molar refractivity (Wildman–Crippen MR) is 89.4 cm³/mol. The molecule has 1 aliphatic rings. The van der Waals surface area contributed by atoms with E-state index in [0.717, 1.165) is 17.9 Å². The Morgan fingerprint density at radius 3 is 2.41 bits per heavy atom. The zero-order valence-electron chi connectivity index (χ0n) is 13.2. The van der Waals surface area contributed by atoms with E-state index in [0.29, 0.717) is 6.42 Å². The number of nitrogens with one attached hydrogen (secondary N) is 1. The lowest BCUT2D eigenvalue weighted by Crippen LogP contribution is -2.47. The van der Waals surface area contributed by atoms with E-state index in [4.69, 9.17) is 9.84 Å². The largest absolute Gasteiger partial charge is 0.481 e. The lowest BCUT2D eigenvalue weighted by molar-refractivity contribution is -0.139. The summed E-state index contributed by atoms with van der Waals surface area (Å²) in [5.41, 5.74) is -0.638. The summed E-state index contributed by atoms with van der Waals surface area (Å²) in [7, 11) is 0. The molecular weight excluding hydrogens is 326 g/mol. The zero-order valence-corrected chi connectivity index (χ0v) is 14.8. The second-order valence-corrected chi connectivity index (χ2v) is 9.10. The zero-order chi connectivity index (χ0) is 16.8. The maximum absolute atomic E-state index is 11.9. The number of hydrogen-bond acceptors (Lipinski definition) is 6. The van der Waals surface area contributed by atoms with Crippen LogP contribution in [0.3, 0.4) is 0 Å². The van der Waals surface area contributed by atoms with E-state index >= 15 is 0 Å². The lowest BCUT2D eigenvalue weighted by atomic mass is 10.1. The first-order valence-electron chi connectivity index (χ1n) is 7.30. The van der Waals surface area contributed by atoms with Crippen molar-refractivity contribution in [3.05, 3.63) is 0 Å². The molecule has 0 aromatic rings. The minimum absolute atomic E-state index is 0.247. The Labute approximate surface area is 139 Å². The number of aliphatic carboxylic acids is 1. The van der Waals surface area contributed by atoms with Gasteiger partial charge in [0.15, 0.2) is 0 Å². The maximum atomic E-state index is 11.9. The minimum Gasteiger partial charge on any atom is -0.481 e. The van der Waals surface area contributed by atoms with Crippen LogP contribution in [0.2, 0.25) is 0 Å². The number of amides is 1. The molecule has 1 saturated heterocycles. The van der Waals surface area contributed by atoms with Gasteiger partial charge in [-0.2, -0.15) is 0 Å². The third-order valence-electron chi connectivity index (χ3n) is 2.89. The monoisotopic (exact) mass is 351 g/mol. The number of carbonyl (C=O) groups is 2. The molecule has 1 aliphatic heterocycles. The quantitative estimate of drug-likeness (QED) is 0.676. The van der Waals surface area contributed by atoms with Gasteiger partial charge in [0.1, 0.15) is 5.60 Å². The Hall–Kier alpha value is -0.600. The molecule has 0 spiro atoms. The average molecular weight is 351 g/mol. The molecular formula is C14H25NO5S2. The van der Waals surface area contributed by atoms with Gasteiger partial charge in [0, 0.05) is 0 Å². The summed E-state index contributed by atoms with van der Waals surface area (Å²) in [4.78, 5) is 22.7. The fraction of sp³-hybridized carbons (Fsp3) is 0.857. The summed E-state index contributed by atoms with van der Waals surface area (Å²) in [6.07, 6.45) is -0.500. The van der Waals surface area contributed by atoms with E-state index in [1.165, 1.54) is 0 Å². The number of thioether (sulfide) groups is 2. The van der Waals surface area contributed by atoms with E-state index < -0.39 is 36.2 Å². The molecule has 1 rings (SSSR count). The highest BCUT2D eigenvalue weighted by Crippen LogP contribution is 2.34. The Balaban J connectivity index is 2.63. The maximum Gasteiger partial charge on any atom is 0.407 e. The lowest BCUT2D eigenvalue weighted by Gasteiger charge is -2.30. The molecule has 0 radical (unpaired) electrons. The van der Waals surface area contributed by atoms with Gasteiger partial charge in [-0.3, -0.25) is 4.79 Å². The Morgan fingerprint density at radius 2 is 1.91 bits per heavy atom. The Kier molecular flexibility index (Phi) is 7.85. The second-order valence-electron chi connectivity index (χ2n) is 6.18. The van der Waals surface area contributed by atoms with Crippen LogP contribution in [0.25, 0.3) is 0 Å². The molecule has 2 unspecified atom stereocenters. The fourth-order valence-corrected chi connectivity index (χ4v) is 4.95. The molecule has 128 valence electrons. The number of aliphatic hydroxyl groups excluding tert-OH is 1. The molecule has 0 bridgehead atoms. The van der Waals surface area contributed by atoms with Gasteiger partial charge in [0.05, 0.1) is 23.1 Å². The van der Waals surface area contributed by atoms with Crippen molar-refractivity contribution in [3.63, 3.8) is 0 Å². The van der Waals surface area contributed by atoms with Crippen LogP contribution in [0.5, 0.6) is 0 Å². The molecule has 22 heavy (non-hydrogen) atoms. The second kappa shape index (κ2) is 8.88. The molecule has 0 aromatic carbocycles. The number of carbonyl (C=O) groups excluding carboxylic acids is 1. The first-order valence-corrected chi connectivity index (χ1v) is 9.39. The molecule has 1 heterocycles. The highest BCUT2D eigenvalue weighted by atomic mass is 32.2. The summed E-state index contributed by atoms with van der Waals surface area (Å²) in [6.45, 7) is 5.26. The van der Waals surface area contributed by atoms with E-state index in [-0.39, 0.29) is 4.58 Å². The normalized spacial score (nSPS) is 19.3. The van der Waals surface area contributed by atoms with Crippen molar-refractivity contribution < 1.29 is 24.5 Å². The first-order chi connectivity index (χ1) is 10.2. The predicted octanol–water partition coefficient (Wildman–Crippen LogP) is 2.30. The van der Waals surface area contributed by atoms with Gasteiger partial charge in [0.25, 0.3) is 0 Å². The minimum atomic E-state index is -1.13. The number of alkyl carbamates (subject to hydrolysis) is 1. The molecule has 0 saturated carbocycles. The summed E-state index contributed by atoms with van der Waals surface area (Å²) < 4.78 is 5.44. The molecule has 3 N–H and O–H groups in total. The van der Waals surface area contributed by atoms with Crippen LogP contribution in [0.4, 0.5) is 4.79 Å². The van der Waals surface area contributed by atoms with Crippen LogP contribution in [0.15, 0.2) is 0 Å². The van der Waals surface area contributed by atoms with Crippen molar-refractivity contribution in [2.75, 3.05) is 11.5 Å². The number of aliphatic hydroxyl groups is 1. The Bertz CT molecular complexity index is 380. The first kappa shape index (κ1) is 19.4. The molecule has 2 atom stereocenters. The molecule has 1 fully saturated rings. The third-order valence-corrected chi connectivity index (χ3v) is 5.89. The van der Waals surface area contributed by atoms with E-state index in [9.17, 15) is 14.7 Å². The van der Waals surface area contributed by atoms with Crippen LogP contribution in [0.1, 0.15) is 40.0 Å². The van der Waals surface area contributed by atoms with Crippen LogP contribution < -0.4 is 5.32 Å². The Morgan fingerprint density at radius 1 is 1.32 bits per heavy atom. The SMILES string of the molecule is CC(C)(C)OC(=O)NC(CC1SCCCS1)C(O)CC(=O)O. The molecule has 8 heteroatoms. The highest BCUT2D eigenvalue weighted by molar-refractivity contribution is 8.17. The number of carboxylic acids is 1. The van der Waals surface area contributed by atoms with Crippen molar-refractivity contribution in [1.82, 2.24) is 5.32 Å². The molecule has 6 nitrogen and oxygen atoms in total. The van der Waals surface area contributed by atoms with Crippen molar-refractivity contribution in [3.8, 4) is 0 Å². The van der Waals surface area contributed by atoms with E-state index in [1.807, 2.05) is 0 Å². The van der Waals surface area contributed by atoms with Crippen molar-refractivity contribution in [1.29, 1.82) is 0 Å². The summed E-state index contributed by atoms with van der Waals surface area (Å²) in [5.74, 6) is 1.00. The van der Waals surface area contributed by atoms with Gasteiger partial charge >= 0.3 is 12.1 Å². The van der Waals surface area contributed by atoms with Gasteiger partial charge in [-0.15, -0.1) is 23.5 Å². The standard InChI is InChI=1S/C14H25NO5S2/c1-14(2,3)20-13(19)15-9(10(16)8-11(17)18)7-12-21-5-4-6-22-12/h9-10,12,16H,4-8H2,1-3H3,(H,15,19)(H,17,18). The fourth-order valence-electron chi connectivity index (χ4n) is 1.97. The van der Waals surface area contributed by atoms with E-state index in [2.05, 4.69) is 5.32 Å². The van der Waals surface area contributed by atoms with E-state index in [1.54, 1.807) is 44.3 Å². The van der Waals surface area contributed by atoms with Crippen LogP contribution in [-0.4, -0.2) is 56.1 Å². The number of rotatable bonds is 6. The highest BCUT2D eigenvalue weighted by Gasteiger charge is 2.29. The molecule has 1 amide bonds. The smallest absolute Gasteiger partial charge is 0.407 e. The number of ether oxygens (including phenoxy) is 1. The van der Waals surface area contributed by atoms with Gasteiger partial charge in [-0.05, 0) is 45.1 Å². The average Bonchev–Trinajstić information content (AvgIpc) is 2.36. The van der Waals surface area contributed by atoms with Crippen molar-refractivity contribution in [2.24, 2.45) is 0 Å². The summed E-state index contributed by atoms with van der Waals surface area (Å²) in [6, 6.07) is -0.631. The van der Waals surface area contributed by atoms with Crippen molar-refractivity contribution >= 4 is 35.6 Å². The number of hydrogen-bond donors (Lipinski definition) is 3. The molecule has 0 aromatic heterocycles. The van der Waals surface area contributed by atoms with Gasteiger partial charge < -0.3 is 20.3 Å². The van der Waals surface area contributed by atoms with Gasteiger partial charge in [-0.25, -0.2) is 4.79 Å². The van der Waals surface area contributed by atoms with Gasteiger partial charge in [0.2, 0.25) is 0 Å². The summed E-state index contributed by atoms with van der Waals surface area (Å²) >= 11 is 3.56. The topological polar surface area (TPSA) is 95.9 Å². The van der Waals surface area contributed by atoms with Crippen LogP contribution in [0, 0.1) is 0 Å². The third kappa shape index (κ3) is 8.14.